The van der Waals surface area contributed by atoms with Crippen molar-refractivity contribution in [3.8, 4) is 11.4 Å². The molecule has 0 N–H and O–H groups in total. The van der Waals surface area contributed by atoms with E-state index in [0.717, 1.165) is 53.4 Å². The smallest absolute Gasteiger partial charge is 0.127 e. The fourth-order valence-corrected chi connectivity index (χ4v) is 3.35. The molecular weight excluding hydrogens is 315 g/mol. The predicted octanol–water partition coefficient (Wildman–Crippen LogP) is 3.72. The van der Waals surface area contributed by atoms with E-state index in [-0.39, 0.29) is 5.82 Å². The number of fused-ring (bicyclic) bond motifs is 1. The van der Waals surface area contributed by atoms with Crippen molar-refractivity contribution in [3.63, 3.8) is 0 Å². The van der Waals surface area contributed by atoms with Gasteiger partial charge >= 0.3 is 0 Å². The van der Waals surface area contributed by atoms with Crippen molar-refractivity contribution in [1.29, 1.82) is 0 Å². The van der Waals surface area contributed by atoms with Crippen LogP contribution in [-0.4, -0.2) is 26.2 Å². The third kappa shape index (κ3) is 3.20. The number of hydrogen-bond acceptors (Lipinski definition) is 3. The van der Waals surface area contributed by atoms with Gasteiger partial charge in [0.2, 0.25) is 0 Å². The van der Waals surface area contributed by atoms with Crippen molar-refractivity contribution < 1.29 is 4.39 Å². The van der Waals surface area contributed by atoms with Crippen LogP contribution in [0.4, 0.5) is 4.39 Å². The number of pyridine rings is 1. The minimum absolute atomic E-state index is 0.121. The van der Waals surface area contributed by atoms with E-state index in [1.54, 1.807) is 12.3 Å². The molecule has 0 amide bonds. The van der Waals surface area contributed by atoms with Gasteiger partial charge in [0.05, 0.1) is 17.9 Å². The van der Waals surface area contributed by atoms with Crippen LogP contribution in [0.5, 0.6) is 0 Å². The van der Waals surface area contributed by atoms with Gasteiger partial charge in [-0.2, -0.15) is 5.10 Å². The van der Waals surface area contributed by atoms with Crippen molar-refractivity contribution in [2.75, 3.05) is 6.54 Å². The van der Waals surface area contributed by atoms with Crippen molar-refractivity contribution in [1.82, 2.24) is 19.7 Å². The topological polar surface area (TPSA) is 34.0 Å². The Labute approximate surface area is 146 Å². The molecule has 128 valence electrons. The van der Waals surface area contributed by atoms with Crippen LogP contribution >= 0.6 is 0 Å². The first-order valence-corrected chi connectivity index (χ1v) is 8.56. The standard InChI is InChI=1S/C20H21FN4/c1-14-5-6-16(18(21)10-14)12-24-8-9-25-17(13-24)11-19(23-25)20-15(2)4-3-7-22-20/h3-7,10-11H,8-9,12-13H2,1-2H3. The minimum Gasteiger partial charge on any atom is -0.291 e. The first-order chi connectivity index (χ1) is 12.1. The quantitative estimate of drug-likeness (QED) is 0.731. The molecule has 3 aromatic rings. The highest BCUT2D eigenvalue weighted by Crippen LogP contribution is 2.24. The van der Waals surface area contributed by atoms with Gasteiger partial charge in [-0.15, -0.1) is 0 Å². The average molecular weight is 336 g/mol. The lowest BCUT2D eigenvalue weighted by atomic mass is 10.1. The Morgan fingerprint density at radius 1 is 1.12 bits per heavy atom. The number of rotatable bonds is 3. The maximum atomic E-state index is 14.1. The van der Waals surface area contributed by atoms with E-state index in [0.29, 0.717) is 6.54 Å². The SMILES string of the molecule is Cc1ccc(CN2CCn3nc(-c4ncccc4C)cc3C2)c(F)c1. The van der Waals surface area contributed by atoms with E-state index in [1.165, 1.54) is 0 Å². The predicted molar refractivity (Wildman–Crippen MR) is 95.4 cm³/mol. The largest absolute Gasteiger partial charge is 0.291 e. The molecule has 0 unspecified atom stereocenters. The Balaban J connectivity index is 1.54. The first kappa shape index (κ1) is 16.0. The molecule has 0 saturated heterocycles. The van der Waals surface area contributed by atoms with Gasteiger partial charge in [0, 0.05) is 31.4 Å². The molecule has 1 aromatic carbocycles. The summed E-state index contributed by atoms with van der Waals surface area (Å²) in [5.41, 5.74) is 5.82. The molecule has 3 heterocycles. The Hall–Kier alpha value is -2.53. The van der Waals surface area contributed by atoms with Gasteiger partial charge < -0.3 is 0 Å². The molecule has 0 fully saturated rings. The van der Waals surface area contributed by atoms with Crippen molar-refractivity contribution in [2.24, 2.45) is 0 Å². The maximum Gasteiger partial charge on any atom is 0.127 e. The summed E-state index contributed by atoms with van der Waals surface area (Å²) in [5, 5.41) is 4.71. The molecule has 4 nitrogen and oxygen atoms in total. The van der Waals surface area contributed by atoms with E-state index < -0.39 is 0 Å². The minimum atomic E-state index is -0.121. The lowest BCUT2D eigenvalue weighted by Crippen LogP contribution is -2.33. The fourth-order valence-electron chi connectivity index (χ4n) is 3.35. The van der Waals surface area contributed by atoms with Crippen LogP contribution in [0.25, 0.3) is 11.4 Å². The summed E-state index contributed by atoms with van der Waals surface area (Å²) in [6, 6.07) is 11.5. The molecular formula is C20H21FN4. The summed E-state index contributed by atoms with van der Waals surface area (Å²) in [4.78, 5) is 6.72. The molecule has 25 heavy (non-hydrogen) atoms. The molecule has 0 saturated carbocycles. The normalized spacial score (nSPS) is 14.5. The third-order valence-corrected chi connectivity index (χ3v) is 4.73. The van der Waals surface area contributed by atoms with Crippen LogP contribution in [-0.2, 0) is 19.6 Å². The molecule has 1 aliphatic heterocycles. The number of benzene rings is 1. The molecule has 4 rings (SSSR count). The summed E-state index contributed by atoms with van der Waals surface area (Å²) in [6.45, 7) is 7.03. The fraction of sp³-hybridized carbons (Fsp3) is 0.300. The lowest BCUT2D eigenvalue weighted by molar-refractivity contribution is 0.203. The number of aryl methyl sites for hydroxylation is 2. The maximum absolute atomic E-state index is 14.1. The number of halogens is 1. The summed E-state index contributed by atoms with van der Waals surface area (Å²) < 4.78 is 16.2. The Bertz CT molecular complexity index is 916. The molecule has 0 spiro atoms. The van der Waals surface area contributed by atoms with Crippen LogP contribution < -0.4 is 0 Å². The Kier molecular flexibility index (Phi) is 4.09. The average Bonchev–Trinajstić information content (AvgIpc) is 3.01. The second-order valence-corrected chi connectivity index (χ2v) is 6.72. The second-order valence-electron chi connectivity index (χ2n) is 6.72. The Morgan fingerprint density at radius 2 is 2.00 bits per heavy atom. The van der Waals surface area contributed by atoms with Gasteiger partial charge in [0.15, 0.2) is 0 Å². The zero-order valence-corrected chi connectivity index (χ0v) is 14.5. The van der Waals surface area contributed by atoms with Crippen molar-refractivity contribution >= 4 is 0 Å². The monoisotopic (exact) mass is 336 g/mol. The number of hydrogen-bond donors (Lipinski definition) is 0. The highest BCUT2D eigenvalue weighted by Gasteiger charge is 2.20. The molecule has 5 heteroatoms. The number of aromatic nitrogens is 3. The van der Waals surface area contributed by atoms with Gasteiger partial charge in [-0.1, -0.05) is 18.2 Å². The molecule has 0 atom stereocenters. The van der Waals surface area contributed by atoms with E-state index in [2.05, 4.69) is 16.0 Å². The van der Waals surface area contributed by atoms with Gasteiger partial charge in [0.1, 0.15) is 11.5 Å². The number of nitrogens with zero attached hydrogens (tertiary/aromatic N) is 4. The van der Waals surface area contributed by atoms with Gasteiger partial charge in [0.25, 0.3) is 0 Å². The molecule has 1 aliphatic rings. The van der Waals surface area contributed by atoms with E-state index >= 15 is 0 Å². The summed E-state index contributed by atoms with van der Waals surface area (Å²) in [7, 11) is 0. The van der Waals surface area contributed by atoms with E-state index in [1.807, 2.05) is 42.8 Å². The van der Waals surface area contributed by atoms with Crippen LogP contribution in [0.2, 0.25) is 0 Å². The van der Waals surface area contributed by atoms with Crippen LogP contribution in [0, 0.1) is 19.7 Å². The molecule has 2 aromatic heterocycles. The summed E-state index contributed by atoms with van der Waals surface area (Å²) in [5.74, 6) is -0.121. The highest BCUT2D eigenvalue weighted by atomic mass is 19.1. The van der Waals surface area contributed by atoms with Gasteiger partial charge in [-0.05, 0) is 43.2 Å². The van der Waals surface area contributed by atoms with Crippen LogP contribution in [0.1, 0.15) is 22.4 Å². The zero-order chi connectivity index (χ0) is 17.4. The summed E-state index contributed by atoms with van der Waals surface area (Å²) in [6.07, 6.45) is 1.80. The highest BCUT2D eigenvalue weighted by molar-refractivity contribution is 5.58. The van der Waals surface area contributed by atoms with E-state index in [9.17, 15) is 4.39 Å². The van der Waals surface area contributed by atoms with E-state index in [4.69, 9.17) is 5.10 Å². The first-order valence-electron chi connectivity index (χ1n) is 8.56. The van der Waals surface area contributed by atoms with Crippen LogP contribution in [0.3, 0.4) is 0 Å². The molecule has 0 bridgehead atoms. The third-order valence-electron chi connectivity index (χ3n) is 4.73. The van der Waals surface area contributed by atoms with Crippen molar-refractivity contribution in [3.05, 3.63) is 70.8 Å². The van der Waals surface area contributed by atoms with Gasteiger partial charge in [-0.25, -0.2) is 4.39 Å². The van der Waals surface area contributed by atoms with Crippen LogP contribution in [0.15, 0.2) is 42.6 Å². The lowest BCUT2D eigenvalue weighted by Gasteiger charge is -2.27. The summed E-state index contributed by atoms with van der Waals surface area (Å²) >= 11 is 0. The zero-order valence-electron chi connectivity index (χ0n) is 14.5. The molecule has 0 aliphatic carbocycles. The Morgan fingerprint density at radius 3 is 2.80 bits per heavy atom. The molecule has 0 radical (unpaired) electrons. The second kappa shape index (κ2) is 6.41. The van der Waals surface area contributed by atoms with Gasteiger partial charge in [-0.3, -0.25) is 14.6 Å². The van der Waals surface area contributed by atoms with Crippen molar-refractivity contribution in [2.45, 2.75) is 33.5 Å².